The van der Waals surface area contributed by atoms with Crippen LogP contribution in [-0.4, -0.2) is 56.3 Å². The van der Waals surface area contributed by atoms with Crippen LogP contribution in [0.15, 0.2) is 46.8 Å². The lowest BCUT2D eigenvalue weighted by molar-refractivity contribution is 0.0655. The first-order valence-electron chi connectivity index (χ1n) is 9.55. The Bertz CT molecular complexity index is 736. The standard InChI is InChI=1S/C21H32N4O2S.HI/c1-5-22-20(24-16-21(2,26)19-10-7-13-28-19)23-15-17-8-6-9-18(14-17)27-12-11-25(3)4;/h6-10,13-14,26H,5,11-12,15-16H2,1-4H3,(H2,22,23,24);1H. The number of rotatable bonds is 10. The van der Waals surface area contributed by atoms with Gasteiger partial charge in [-0.05, 0) is 57.1 Å². The molecule has 0 bridgehead atoms. The SMILES string of the molecule is CCNC(=NCc1cccc(OCCN(C)C)c1)NCC(C)(O)c1cccs1.I. The summed E-state index contributed by atoms with van der Waals surface area (Å²) in [7, 11) is 4.05. The van der Waals surface area contributed by atoms with Gasteiger partial charge in [-0.15, -0.1) is 35.3 Å². The Labute approximate surface area is 195 Å². The van der Waals surface area contributed by atoms with Crippen LogP contribution in [0.1, 0.15) is 24.3 Å². The van der Waals surface area contributed by atoms with E-state index in [4.69, 9.17) is 4.74 Å². The Morgan fingerprint density at radius 3 is 2.69 bits per heavy atom. The van der Waals surface area contributed by atoms with Crippen molar-refractivity contribution in [1.29, 1.82) is 0 Å². The molecule has 0 saturated heterocycles. The molecule has 29 heavy (non-hydrogen) atoms. The molecule has 1 heterocycles. The number of guanidine groups is 1. The van der Waals surface area contributed by atoms with Gasteiger partial charge in [0, 0.05) is 18.0 Å². The molecule has 1 atom stereocenters. The lowest BCUT2D eigenvalue weighted by Gasteiger charge is -2.23. The molecule has 0 aliphatic heterocycles. The van der Waals surface area contributed by atoms with Crippen LogP contribution < -0.4 is 15.4 Å². The number of hydrogen-bond donors (Lipinski definition) is 3. The molecule has 0 fully saturated rings. The third-order valence-electron chi connectivity index (χ3n) is 4.12. The highest BCUT2D eigenvalue weighted by Gasteiger charge is 2.24. The molecule has 6 nitrogen and oxygen atoms in total. The van der Waals surface area contributed by atoms with Gasteiger partial charge in [-0.3, -0.25) is 0 Å². The number of nitrogens with one attached hydrogen (secondary N) is 2. The minimum absolute atomic E-state index is 0. The molecule has 1 aromatic heterocycles. The minimum atomic E-state index is -0.940. The van der Waals surface area contributed by atoms with Crippen LogP contribution in [0.5, 0.6) is 5.75 Å². The lowest BCUT2D eigenvalue weighted by Crippen LogP contribution is -2.44. The smallest absolute Gasteiger partial charge is 0.191 e. The highest BCUT2D eigenvalue weighted by Crippen LogP contribution is 2.24. The molecule has 0 amide bonds. The molecular formula is C21H33IN4O2S. The summed E-state index contributed by atoms with van der Waals surface area (Å²) < 4.78 is 5.79. The Kier molecular flexibility index (Phi) is 11.6. The number of thiophene rings is 1. The minimum Gasteiger partial charge on any atom is -0.492 e. The normalized spacial score (nSPS) is 13.5. The summed E-state index contributed by atoms with van der Waals surface area (Å²) in [5, 5.41) is 19.1. The lowest BCUT2D eigenvalue weighted by atomic mass is 10.1. The van der Waals surface area contributed by atoms with E-state index >= 15 is 0 Å². The predicted octanol–water partition coefficient (Wildman–Crippen LogP) is 3.27. The van der Waals surface area contributed by atoms with Crippen molar-refractivity contribution >= 4 is 41.3 Å². The van der Waals surface area contributed by atoms with Crippen LogP contribution in [-0.2, 0) is 12.1 Å². The number of hydrogen-bond acceptors (Lipinski definition) is 5. The summed E-state index contributed by atoms with van der Waals surface area (Å²) in [6.45, 7) is 7.02. The molecular weight excluding hydrogens is 499 g/mol. The van der Waals surface area contributed by atoms with Gasteiger partial charge < -0.3 is 25.4 Å². The first kappa shape index (κ1) is 25.7. The Morgan fingerprint density at radius 2 is 2.03 bits per heavy atom. The molecule has 0 aliphatic rings. The van der Waals surface area contributed by atoms with Crippen molar-refractivity contribution in [3.8, 4) is 5.75 Å². The highest BCUT2D eigenvalue weighted by atomic mass is 127. The maximum absolute atomic E-state index is 10.7. The molecule has 162 valence electrons. The molecule has 3 N–H and O–H groups in total. The van der Waals surface area contributed by atoms with Crippen molar-refractivity contribution in [1.82, 2.24) is 15.5 Å². The van der Waals surface area contributed by atoms with E-state index in [0.717, 1.165) is 29.3 Å². The van der Waals surface area contributed by atoms with E-state index in [1.54, 1.807) is 11.3 Å². The van der Waals surface area contributed by atoms with Crippen molar-refractivity contribution in [2.75, 3.05) is 40.3 Å². The van der Waals surface area contributed by atoms with Crippen molar-refractivity contribution in [3.63, 3.8) is 0 Å². The van der Waals surface area contributed by atoms with Crippen molar-refractivity contribution in [2.45, 2.75) is 26.0 Å². The molecule has 1 unspecified atom stereocenters. The number of nitrogens with zero attached hydrogens (tertiary/aromatic N) is 2. The zero-order valence-electron chi connectivity index (χ0n) is 17.6. The van der Waals surface area contributed by atoms with Crippen molar-refractivity contribution < 1.29 is 9.84 Å². The monoisotopic (exact) mass is 532 g/mol. The van der Waals surface area contributed by atoms with E-state index in [9.17, 15) is 5.11 Å². The van der Waals surface area contributed by atoms with Gasteiger partial charge >= 0.3 is 0 Å². The van der Waals surface area contributed by atoms with Gasteiger partial charge in [0.15, 0.2) is 5.96 Å². The summed E-state index contributed by atoms with van der Waals surface area (Å²) in [5.41, 5.74) is 0.134. The number of benzene rings is 1. The molecule has 1 aromatic carbocycles. The van der Waals surface area contributed by atoms with E-state index in [1.165, 1.54) is 0 Å². The average Bonchev–Trinajstić information content (AvgIpc) is 3.20. The van der Waals surface area contributed by atoms with Gasteiger partial charge in [-0.2, -0.15) is 0 Å². The van der Waals surface area contributed by atoms with Crippen LogP contribution in [0.25, 0.3) is 0 Å². The van der Waals surface area contributed by atoms with Crippen LogP contribution in [0.3, 0.4) is 0 Å². The average molecular weight is 532 g/mol. The number of aliphatic hydroxyl groups is 1. The maximum atomic E-state index is 10.7. The summed E-state index contributed by atoms with van der Waals surface area (Å²) in [6.07, 6.45) is 0. The first-order valence-corrected chi connectivity index (χ1v) is 10.4. The molecule has 2 aromatic rings. The van der Waals surface area contributed by atoms with Crippen LogP contribution >= 0.6 is 35.3 Å². The second-order valence-electron chi connectivity index (χ2n) is 7.10. The second kappa shape index (κ2) is 13.0. The third-order valence-corrected chi connectivity index (χ3v) is 5.24. The molecule has 0 aliphatic carbocycles. The van der Waals surface area contributed by atoms with Crippen LogP contribution in [0.2, 0.25) is 0 Å². The zero-order valence-corrected chi connectivity index (χ0v) is 20.8. The van der Waals surface area contributed by atoms with E-state index < -0.39 is 5.60 Å². The highest BCUT2D eigenvalue weighted by molar-refractivity contribution is 14.0. The zero-order chi connectivity index (χ0) is 20.4. The van der Waals surface area contributed by atoms with Gasteiger partial charge in [-0.25, -0.2) is 4.99 Å². The van der Waals surface area contributed by atoms with Gasteiger partial charge in [0.2, 0.25) is 0 Å². The van der Waals surface area contributed by atoms with E-state index in [1.807, 2.05) is 69.7 Å². The maximum Gasteiger partial charge on any atom is 0.191 e. The van der Waals surface area contributed by atoms with E-state index in [-0.39, 0.29) is 24.0 Å². The number of likely N-dealkylation sites (N-methyl/N-ethyl adjacent to an activating group) is 1. The molecule has 0 radical (unpaired) electrons. The quantitative estimate of drug-likeness (QED) is 0.249. The number of ether oxygens (including phenoxy) is 1. The fourth-order valence-corrected chi connectivity index (χ4v) is 3.31. The summed E-state index contributed by atoms with van der Waals surface area (Å²) in [4.78, 5) is 7.66. The summed E-state index contributed by atoms with van der Waals surface area (Å²) >= 11 is 1.55. The van der Waals surface area contributed by atoms with Gasteiger partial charge in [-0.1, -0.05) is 18.2 Å². The summed E-state index contributed by atoms with van der Waals surface area (Å²) in [5.74, 6) is 1.53. The predicted molar refractivity (Wildman–Crippen MR) is 133 cm³/mol. The van der Waals surface area contributed by atoms with Gasteiger partial charge in [0.05, 0.1) is 13.1 Å². The fourth-order valence-electron chi connectivity index (χ4n) is 2.52. The molecule has 0 spiro atoms. The third kappa shape index (κ3) is 9.33. The molecule has 2 rings (SSSR count). The van der Waals surface area contributed by atoms with Crippen LogP contribution in [0.4, 0.5) is 0 Å². The number of aliphatic imine (C=N–C) groups is 1. The Balaban J connectivity index is 0.00000420. The summed E-state index contributed by atoms with van der Waals surface area (Å²) in [6, 6.07) is 11.9. The second-order valence-corrected chi connectivity index (χ2v) is 8.05. The largest absolute Gasteiger partial charge is 0.492 e. The Hall–Kier alpha value is -1.36. The van der Waals surface area contributed by atoms with Gasteiger partial charge in [0.1, 0.15) is 18.0 Å². The topological polar surface area (TPSA) is 69.1 Å². The van der Waals surface area contributed by atoms with Gasteiger partial charge in [0.25, 0.3) is 0 Å². The Morgan fingerprint density at radius 1 is 1.24 bits per heavy atom. The fraction of sp³-hybridized carbons (Fsp3) is 0.476. The number of halogens is 1. The molecule has 8 heteroatoms. The van der Waals surface area contributed by atoms with Crippen LogP contribution in [0, 0.1) is 0 Å². The first-order chi connectivity index (χ1) is 13.4. The van der Waals surface area contributed by atoms with E-state index in [0.29, 0.717) is 25.7 Å². The van der Waals surface area contributed by atoms with Crippen molar-refractivity contribution in [3.05, 3.63) is 52.2 Å². The van der Waals surface area contributed by atoms with Crippen molar-refractivity contribution in [2.24, 2.45) is 4.99 Å². The van der Waals surface area contributed by atoms with E-state index in [2.05, 4.69) is 20.5 Å². The molecule has 0 saturated carbocycles.